The standard InChI is InChI=1S/C16H18N2O4S/c1-3-4-15(20)22-9-14(19)18-16-17-13(10-23-16)11-5-7-12(21-2)8-6-11/h5-8,10H,3-4,9H2,1-2H3,(H,17,18,19). The summed E-state index contributed by atoms with van der Waals surface area (Å²) in [6.45, 7) is 1.58. The van der Waals surface area contributed by atoms with Gasteiger partial charge in [0, 0.05) is 17.4 Å². The molecule has 2 aromatic rings. The molecule has 122 valence electrons. The quantitative estimate of drug-likeness (QED) is 0.787. The van der Waals surface area contributed by atoms with Gasteiger partial charge in [-0.3, -0.25) is 14.9 Å². The maximum Gasteiger partial charge on any atom is 0.306 e. The Kier molecular flexibility index (Phi) is 6.10. The van der Waals surface area contributed by atoms with Crippen molar-refractivity contribution in [3.8, 4) is 17.0 Å². The van der Waals surface area contributed by atoms with Gasteiger partial charge >= 0.3 is 5.97 Å². The van der Waals surface area contributed by atoms with Crippen molar-refractivity contribution in [2.75, 3.05) is 19.0 Å². The highest BCUT2D eigenvalue weighted by Gasteiger charge is 2.10. The van der Waals surface area contributed by atoms with Crippen molar-refractivity contribution in [1.82, 2.24) is 4.98 Å². The van der Waals surface area contributed by atoms with E-state index in [0.29, 0.717) is 18.0 Å². The summed E-state index contributed by atoms with van der Waals surface area (Å²) >= 11 is 1.31. The molecule has 0 radical (unpaired) electrons. The molecule has 23 heavy (non-hydrogen) atoms. The second kappa shape index (κ2) is 8.28. The SMILES string of the molecule is CCCC(=O)OCC(=O)Nc1nc(-c2ccc(OC)cc2)cs1. The first-order chi connectivity index (χ1) is 11.1. The second-order valence-electron chi connectivity index (χ2n) is 4.73. The van der Waals surface area contributed by atoms with Crippen molar-refractivity contribution in [2.24, 2.45) is 0 Å². The number of nitrogens with zero attached hydrogens (tertiary/aromatic N) is 1. The Morgan fingerprint density at radius 3 is 2.65 bits per heavy atom. The van der Waals surface area contributed by atoms with Crippen molar-refractivity contribution in [2.45, 2.75) is 19.8 Å². The molecule has 0 spiro atoms. The maximum atomic E-state index is 11.7. The Balaban J connectivity index is 1.91. The number of nitrogens with one attached hydrogen (secondary N) is 1. The van der Waals surface area contributed by atoms with Crippen molar-refractivity contribution in [3.05, 3.63) is 29.6 Å². The van der Waals surface area contributed by atoms with Crippen LogP contribution in [-0.2, 0) is 14.3 Å². The van der Waals surface area contributed by atoms with E-state index in [1.807, 2.05) is 36.6 Å². The lowest BCUT2D eigenvalue weighted by molar-refractivity contribution is -0.147. The number of anilines is 1. The van der Waals surface area contributed by atoms with E-state index in [-0.39, 0.29) is 12.6 Å². The molecule has 0 unspecified atom stereocenters. The van der Waals surface area contributed by atoms with Gasteiger partial charge in [-0.1, -0.05) is 6.92 Å². The van der Waals surface area contributed by atoms with Crippen molar-refractivity contribution >= 4 is 28.3 Å². The number of rotatable bonds is 7. The summed E-state index contributed by atoms with van der Waals surface area (Å²) in [5.74, 6) is -0.00260. The predicted octanol–water partition coefficient (Wildman–Crippen LogP) is 3.10. The van der Waals surface area contributed by atoms with Crippen LogP contribution in [0, 0.1) is 0 Å². The molecular formula is C16H18N2O4S. The van der Waals surface area contributed by atoms with E-state index >= 15 is 0 Å². The lowest BCUT2D eigenvalue weighted by Crippen LogP contribution is -2.20. The van der Waals surface area contributed by atoms with E-state index in [4.69, 9.17) is 9.47 Å². The fourth-order valence-corrected chi connectivity index (χ4v) is 2.54. The lowest BCUT2D eigenvalue weighted by atomic mass is 10.2. The van der Waals surface area contributed by atoms with E-state index in [2.05, 4.69) is 10.3 Å². The Bertz CT molecular complexity index is 667. The number of ether oxygens (including phenoxy) is 2. The highest BCUT2D eigenvalue weighted by molar-refractivity contribution is 7.14. The monoisotopic (exact) mass is 334 g/mol. The fourth-order valence-electron chi connectivity index (χ4n) is 1.80. The minimum Gasteiger partial charge on any atom is -0.497 e. The molecule has 6 nitrogen and oxygen atoms in total. The predicted molar refractivity (Wildman–Crippen MR) is 88.6 cm³/mol. The zero-order valence-electron chi connectivity index (χ0n) is 13.0. The molecule has 2 rings (SSSR count). The highest BCUT2D eigenvalue weighted by atomic mass is 32.1. The number of aromatic nitrogens is 1. The van der Waals surface area contributed by atoms with E-state index < -0.39 is 5.91 Å². The van der Waals surface area contributed by atoms with Gasteiger partial charge in [-0.05, 0) is 30.7 Å². The topological polar surface area (TPSA) is 77.5 Å². The number of hydrogen-bond donors (Lipinski definition) is 1. The smallest absolute Gasteiger partial charge is 0.306 e. The van der Waals surface area contributed by atoms with Gasteiger partial charge < -0.3 is 9.47 Å². The van der Waals surface area contributed by atoms with E-state index in [9.17, 15) is 9.59 Å². The third-order valence-corrected chi connectivity index (χ3v) is 3.71. The van der Waals surface area contributed by atoms with Gasteiger partial charge in [-0.25, -0.2) is 4.98 Å². The molecule has 0 saturated heterocycles. The number of hydrogen-bond acceptors (Lipinski definition) is 6. The largest absolute Gasteiger partial charge is 0.497 e. The fraction of sp³-hybridized carbons (Fsp3) is 0.312. The van der Waals surface area contributed by atoms with E-state index in [0.717, 1.165) is 17.0 Å². The molecule has 1 aromatic heterocycles. The average Bonchev–Trinajstić information content (AvgIpc) is 3.02. The number of amides is 1. The average molecular weight is 334 g/mol. The van der Waals surface area contributed by atoms with Crippen LogP contribution >= 0.6 is 11.3 Å². The van der Waals surface area contributed by atoms with Crippen molar-refractivity contribution in [3.63, 3.8) is 0 Å². The number of benzene rings is 1. The number of thiazole rings is 1. The zero-order chi connectivity index (χ0) is 16.7. The molecule has 0 fully saturated rings. The third kappa shape index (κ3) is 5.07. The van der Waals surface area contributed by atoms with Crippen LogP contribution in [0.1, 0.15) is 19.8 Å². The van der Waals surface area contributed by atoms with Gasteiger partial charge in [-0.2, -0.15) is 0 Å². The summed E-state index contributed by atoms with van der Waals surface area (Å²) in [6, 6.07) is 7.48. The highest BCUT2D eigenvalue weighted by Crippen LogP contribution is 2.26. The van der Waals surface area contributed by atoms with Gasteiger partial charge in [0.05, 0.1) is 12.8 Å². The number of carbonyl (C=O) groups excluding carboxylic acids is 2. The van der Waals surface area contributed by atoms with Gasteiger partial charge in [0.25, 0.3) is 5.91 Å². The second-order valence-corrected chi connectivity index (χ2v) is 5.58. The minimum atomic E-state index is -0.398. The Labute approximate surface area is 138 Å². The molecule has 1 N–H and O–H groups in total. The summed E-state index contributed by atoms with van der Waals surface area (Å²) < 4.78 is 9.96. The van der Waals surface area contributed by atoms with Crippen molar-refractivity contribution in [1.29, 1.82) is 0 Å². The summed E-state index contributed by atoms with van der Waals surface area (Å²) in [5.41, 5.74) is 1.69. The molecule has 1 aromatic carbocycles. The van der Waals surface area contributed by atoms with E-state index in [1.165, 1.54) is 11.3 Å². The van der Waals surface area contributed by atoms with E-state index in [1.54, 1.807) is 7.11 Å². The van der Waals surface area contributed by atoms with Crippen LogP contribution in [0.5, 0.6) is 5.75 Å². The molecule has 0 bridgehead atoms. The number of esters is 1. The first-order valence-electron chi connectivity index (χ1n) is 7.17. The number of methoxy groups -OCH3 is 1. The van der Waals surface area contributed by atoms with Gasteiger partial charge in [-0.15, -0.1) is 11.3 Å². The maximum absolute atomic E-state index is 11.7. The molecule has 1 amide bonds. The molecule has 0 atom stereocenters. The lowest BCUT2D eigenvalue weighted by Gasteiger charge is -2.03. The van der Waals surface area contributed by atoms with Crippen LogP contribution in [0.2, 0.25) is 0 Å². The van der Waals surface area contributed by atoms with Crippen LogP contribution in [0.25, 0.3) is 11.3 Å². The minimum absolute atomic E-state index is 0.295. The summed E-state index contributed by atoms with van der Waals surface area (Å²) in [4.78, 5) is 27.3. The molecule has 0 aliphatic rings. The molecule has 0 aliphatic carbocycles. The summed E-state index contributed by atoms with van der Waals surface area (Å²) in [5, 5.41) is 4.93. The summed E-state index contributed by atoms with van der Waals surface area (Å²) in [7, 11) is 1.61. The third-order valence-electron chi connectivity index (χ3n) is 2.95. The van der Waals surface area contributed by atoms with Gasteiger partial charge in [0.1, 0.15) is 5.75 Å². The molecule has 1 heterocycles. The van der Waals surface area contributed by atoms with Crippen LogP contribution in [-0.4, -0.2) is 30.6 Å². The zero-order valence-corrected chi connectivity index (χ0v) is 13.8. The first kappa shape index (κ1) is 17.0. The normalized spacial score (nSPS) is 10.2. The summed E-state index contributed by atoms with van der Waals surface area (Å²) in [6.07, 6.45) is 1.00. The van der Waals surface area contributed by atoms with Crippen LogP contribution in [0.3, 0.4) is 0 Å². The number of carbonyl (C=O) groups is 2. The van der Waals surface area contributed by atoms with Gasteiger partial charge in [0.15, 0.2) is 11.7 Å². The van der Waals surface area contributed by atoms with Crippen LogP contribution in [0.15, 0.2) is 29.6 Å². The molecular weight excluding hydrogens is 316 g/mol. The molecule has 0 aliphatic heterocycles. The van der Waals surface area contributed by atoms with Crippen LogP contribution in [0.4, 0.5) is 5.13 Å². The Hall–Kier alpha value is -2.41. The molecule has 7 heteroatoms. The Morgan fingerprint density at radius 1 is 1.26 bits per heavy atom. The molecule has 0 saturated carbocycles. The van der Waals surface area contributed by atoms with Gasteiger partial charge in [0.2, 0.25) is 0 Å². The Morgan fingerprint density at radius 2 is 2.00 bits per heavy atom. The van der Waals surface area contributed by atoms with Crippen LogP contribution < -0.4 is 10.1 Å². The van der Waals surface area contributed by atoms with Crippen molar-refractivity contribution < 1.29 is 19.1 Å². The first-order valence-corrected chi connectivity index (χ1v) is 8.05.